The van der Waals surface area contributed by atoms with Crippen LogP contribution in [0.5, 0.6) is 0 Å². The van der Waals surface area contributed by atoms with Gasteiger partial charge in [-0.1, -0.05) is 54.2 Å². The van der Waals surface area contributed by atoms with E-state index in [0.717, 1.165) is 12.8 Å². The van der Waals surface area contributed by atoms with Gasteiger partial charge in [0.1, 0.15) is 0 Å². The van der Waals surface area contributed by atoms with Crippen molar-refractivity contribution in [2.75, 3.05) is 19.5 Å². The standard InChI is InChI=1S/C23H27N3O3S/c1-17(12-13-18-8-4-3-5-9-18)24-21(27)16-30-23-25-20-11-7-6-10-19(20)22(28)26(23)14-15-29-2/h3-11,17H,12-16H2,1-2H3,(H,24,27)/t17-/m0/s1. The van der Waals surface area contributed by atoms with Gasteiger partial charge in [-0.15, -0.1) is 0 Å². The number of carbonyl (C=O) groups is 1. The molecule has 1 N–H and O–H groups in total. The van der Waals surface area contributed by atoms with Crippen LogP contribution in [-0.4, -0.2) is 41.0 Å². The van der Waals surface area contributed by atoms with Gasteiger partial charge in [-0.3, -0.25) is 14.2 Å². The normalized spacial score (nSPS) is 12.1. The molecule has 6 nitrogen and oxygen atoms in total. The van der Waals surface area contributed by atoms with Crippen molar-refractivity contribution in [2.24, 2.45) is 0 Å². The summed E-state index contributed by atoms with van der Waals surface area (Å²) < 4.78 is 6.72. The number of fused-ring (bicyclic) bond motifs is 1. The molecule has 0 fully saturated rings. The minimum Gasteiger partial charge on any atom is -0.383 e. The molecule has 2 aromatic carbocycles. The van der Waals surface area contributed by atoms with Crippen LogP contribution in [0.15, 0.2) is 64.5 Å². The van der Waals surface area contributed by atoms with Crippen molar-refractivity contribution in [2.45, 2.75) is 37.5 Å². The number of para-hydroxylation sites is 1. The first-order chi connectivity index (χ1) is 14.6. The van der Waals surface area contributed by atoms with E-state index >= 15 is 0 Å². The monoisotopic (exact) mass is 425 g/mol. The Morgan fingerprint density at radius 3 is 2.67 bits per heavy atom. The molecule has 1 atom stereocenters. The molecular weight excluding hydrogens is 398 g/mol. The number of thioether (sulfide) groups is 1. The first-order valence-electron chi connectivity index (χ1n) is 10.0. The van der Waals surface area contributed by atoms with Crippen LogP contribution in [0, 0.1) is 0 Å². The van der Waals surface area contributed by atoms with Crippen molar-refractivity contribution in [1.82, 2.24) is 14.9 Å². The van der Waals surface area contributed by atoms with Gasteiger partial charge in [0.25, 0.3) is 5.56 Å². The van der Waals surface area contributed by atoms with Crippen molar-refractivity contribution in [3.8, 4) is 0 Å². The van der Waals surface area contributed by atoms with Gasteiger partial charge in [-0.05, 0) is 37.5 Å². The zero-order valence-corrected chi connectivity index (χ0v) is 18.2. The number of ether oxygens (including phenoxy) is 1. The Bertz CT molecular complexity index is 1040. The molecular formula is C23H27N3O3S. The number of carbonyl (C=O) groups excluding carboxylic acids is 1. The van der Waals surface area contributed by atoms with Gasteiger partial charge in [-0.25, -0.2) is 4.98 Å². The van der Waals surface area contributed by atoms with E-state index in [4.69, 9.17) is 4.74 Å². The van der Waals surface area contributed by atoms with E-state index in [9.17, 15) is 9.59 Å². The highest BCUT2D eigenvalue weighted by Gasteiger charge is 2.14. The number of hydrogen-bond donors (Lipinski definition) is 1. The van der Waals surface area contributed by atoms with Crippen molar-refractivity contribution in [3.05, 3.63) is 70.5 Å². The second-order valence-electron chi connectivity index (χ2n) is 7.14. The summed E-state index contributed by atoms with van der Waals surface area (Å²) in [6.45, 7) is 2.80. The van der Waals surface area contributed by atoms with Gasteiger partial charge in [0.05, 0.1) is 29.8 Å². The molecule has 7 heteroatoms. The fourth-order valence-electron chi connectivity index (χ4n) is 3.18. The van der Waals surface area contributed by atoms with Crippen LogP contribution in [0.3, 0.4) is 0 Å². The summed E-state index contributed by atoms with van der Waals surface area (Å²) in [5.41, 5.74) is 1.78. The minimum absolute atomic E-state index is 0.0681. The van der Waals surface area contributed by atoms with Crippen LogP contribution in [0.1, 0.15) is 18.9 Å². The third kappa shape index (κ3) is 5.93. The molecule has 0 saturated heterocycles. The Morgan fingerprint density at radius 2 is 1.90 bits per heavy atom. The van der Waals surface area contributed by atoms with E-state index in [-0.39, 0.29) is 23.3 Å². The van der Waals surface area contributed by atoms with Crippen molar-refractivity contribution >= 4 is 28.6 Å². The number of aromatic nitrogens is 2. The van der Waals surface area contributed by atoms with Gasteiger partial charge in [0.2, 0.25) is 5.91 Å². The lowest BCUT2D eigenvalue weighted by Crippen LogP contribution is -2.34. The zero-order chi connectivity index (χ0) is 21.3. The average Bonchev–Trinajstić information content (AvgIpc) is 2.76. The molecule has 1 aromatic heterocycles. The number of rotatable bonds is 10. The summed E-state index contributed by atoms with van der Waals surface area (Å²) in [6, 6.07) is 17.6. The van der Waals surface area contributed by atoms with E-state index in [2.05, 4.69) is 22.4 Å². The summed E-state index contributed by atoms with van der Waals surface area (Å²) >= 11 is 1.28. The van der Waals surface area contributed by atoms with E-state index < -0.39 is 0 Å². The lowest BCUT2D eigenvalue weighted by Gasteiger charge is -2.15. The van der Waals surface area contributed by atoms with E-state index in [1.54, 1.807) is 17.7 Å². The molecule has 0 spiro atoms. The fourth-order valence-corrected chi connectivity index (χ4v) is 4.02. The number of aryl methyl sites for hydroxylation is 1. The van der Waals surface area contributed by atoms with Crippen LogP contribution >= 0.6 is 11.8 Å². The lowest BCUT2D eigenvalue weighted by atomic mass is 10.1. The van der Waals surface area contributed by atoms with Gasteiger partial charge >= 0.3 is 0 Å². The van der Waals surface area contributed by atoms with Crippen molar-refractivity contribution in [3.63, 3.8) is 0 Å². The van der Waals surface area contributed by atoms with E-state index in [1.807, 2.05) is 43.3 Å². The maximum absolute atomic E-state index is 12.9. The number of nitrogens with zero attached hydrogens (tertiary/aromatic N) is 2. The van der Waals surface area contributed by atoms with Crippen LogP contribution in [0.4, 0.5) is 0 Å². The quantitative estimate of drug-likeness (QED) is 0.399. The summed E-state index contributed by atoms with van der Waals surface area (Å²) in [4.78, 5) is 29.9. The maximum atomic E-state index is 12.9. The maximum Gasteiger partial charge on any atom is 0.262 e. The van der Waals surface area contributed by atoms with Crippen LogP contribution in [0.2, 0.25) is 0 Å². The highest BCUT2D eigenvalue weighted by atomic mass is 32.2. The third-order valence-electron chi connectivity index (χ3n) is 4.79. The number of methoxy groups -OCH3 is 1. The van der Waals surface area contributed by atoms with E-state index in [0.29, 0.717) is 29.2 Å². The van der Waals surface area contributed by atoms with Crippen LogP contribution < -0.4 is 10.9 Å². The van der Waals surface area contributed by atoms with Gasteiger partial charge in [-0.2, -0.15) is 0 Å². The molecule has 0 saturated carbocycles. The number of benzene rings is 2. The predicted molar refractivity (Wildman–Crippen MR) is 121 cm³/mol. The molecule has 0 unspecified atom stereocenters. The molecule has 0 aliphatic carbocycles. The van der Waals surface area contributed by atoms with Crippen molar-refractivity contribution in [1.29, 1.82) is 0 Å². The molecule has 30 heavy (non-hydrogen) atoms. The Balaban J connectivity index is 1.62. The van der Waals surface area contributed by atoms with E-state index in [1.165, 1.54) is 17.3 Å². The Morgan fingerprint density at radius 1 is 1.17 bits per heavy atom. The first-order valence-corrected chi connectivity index (χ1v) is 11.0. The predicted octanol–water partition coefficient (Wildman–Crippen LogP) is 3.27. The Labute approximate surface area is 180 Å². The average molecular weight is 426 g/mol. The minimum atomic E-state index is -0.114. The molecule has 1 amide bonds. The van der Waals surface area contributed by atoms with Crippen LogP contribution in [-0.2, 0) is 22.5 Å². The molecule has 0 bridgehead atoms. The number of hydrogen-bond acceptors (Lipinski definition) is 5. The summed E-state index contributed by atoms with van der Waals surface area (Å²) in [5, 5.41) is 4.13. The molecule has 158 valence electrons. The number of amides is 1. The fraction of sp³-hybridized carbons (Fsp3) is 0.348. The number of nitrogens with one attached hydrogen (secondary N) is 1. The molecule has 0 radical (unpaired) electrons. The summed E-state index contributed by atoms with van der Waals surface area (Å²) in [7, 11) is 1.59. The molecule has 0 aliphatic rings. The highest BCUT2D eigenvalue weighted by Crippen LogP contribution is 2.18. The summed E-state index contributed by atoms with van der Waals surface area (Å²) in [6.07, 6.45) is 1.78. The molecule has 0 aliphatic heterocycles. The molecule has 1 heterocycles. The van der Waals surface area contributed by atoms with Gasteiger partial charge in [0, 0.05) is 13.2 Å². The van der Waals surface area contributed by atoms with Gasteiger partial charge in [0.15, 0.2) is 5.16 Å². The van der Waals surface area contributed by atoms with Gasteiger partial charge < -0.3 is 10.1 Å². The lowest BCUT2D eigenvalue weighted by molar-refractivity contribution is -0.119. The summed E-state index contributed by atoms with van der Waals surface area (Å²) in [5.74, 6) is 0.134. The first kappa shape index (κ1) is 22.1. The largest absolute Gasteiger partial charge is 0.383 e. The second kappa shape index (κ2) is 10.9. The third-order valence-corrected chi connectivity index (χ3v) is 5.77. The highest BCUT2D eigenvalue weighted by molar-refractivity contribution is 7.99. The SMILES string of the molecule is COCCn1c(SCC(=O)N[C@@H](C)CCc2ccccc2)nc2ccccc2c1=O. The topological polar surface area (TPSA) is 73.2 Å². The molecule has 3 rings (SSSR count). The second-order valence-corrected chi connectivity index (χ2v) is 8.09. The Kier molecular flexibility index (Phi) is 8.04. The smallest absolute Gasteiger partial charge is 0.262 e. The molecule has 3 aromatic rings. The van der Waals surface area contributed by atoms with Crippen LogP contribution in [0.25, 0.3) is 10.9 Å². The zero-order valence-electron chi connectivity index (χ0n) is 17.3. The Hall–Kier alpha value is -2.64. The van der Waals surface area contributed by atoms with Crippen molar-refractivity contribution < 1.29 is 9.53 Å².